The topological polar surface area (TPSA) is 0 Å². The van der Waals surface area contributed by atoms with Gasteiger partial charge in [0.05, 0.1) is 0 Å². The van der Waals surface area contributed by atoms with Crippen LogP contribution < -0.4 is 0 Å². The summed E-state index contributed by atoms with van der Waals surface area (Å²) in [5.74, 6) is 2.99. The van der Waals surface area contributed by atoms with Crippen molar-refractivity contribution in [2.24, 2.45) is 0 Å². The lowest BCUT2D eigenvalue weighted by Gasteiger charge is -1.86. The fourth-order valence-electron chi connectivity index (χ4n) is 0.437. The molecule has 0 aromatic carbocycles. The van der Waals surface area contributed by atoms with Gasteiger partial charge in [-0.05, 0) is 10.3 Å². The van der Waals surface area contributed by atoms with E-state index >= 15 is 0 Å². The van der Waals surface area contributed by atoms with Crippen molar-refractivity contribution >= 4 is 22.6 Å². The first kappa shape index (κ1) is 8.29. The van der Waals surface area contributed by atoms with Crippen molar-refractivity contribution in [2.75, 3.05) is 0 Å². The van der Waals surface area contributed by atoms with Crippen molar-refractivity contribution in [1.82, 2.24) is 0 Å². The lowest BCUT2D eigenvalue weighted by molar-refractivity contribution is 0.770. The molecule has 0 rings (SSSR count). The first-order chi connectivity index (χ1) is 3.91. The van der Waals surface area contributed by atoms with Crippen molar-refractivity contribution in [1.29, 1.82) is 0 Å². The molecule has 1 heteroatoms. The van der Waals surface area contributed by atoms with Gasteiger partial charge in [0, 0.05) is 29.0 Å². The Kier molecular flexibility index (Phi) is 7.55. The number of unbranched alkanes of at least 4 members (excludes halogenated alkanes) is 3. The van der Waals surface area contributed by atoms with Crippen LogP contribution >= 0.6 is 22.6 Å². The molecular weight excluding hydrogens is 211 g/mol. The van der Waals surface area contributed by atoms with Crippen LogP contribution in [0.1, 0.15) is 25.7 Å². The summed E-state index contributed by atoms with van der Waals surface area (Å²) in [7, 11) is 0. The van der Waals surface area contributed by atoms with Crippen molar-refractivity contribution in [2.45, 2.75) is 25.7 Å². The van der Waals surface area contributed by atoms with Crippen LogP contribution in [-0.2, 0) is 0 Å². The van der Waals surface area contributed by atoms with Crippen LogP contribution in [0, 0.1) is 16.8 Å². The van der Waals surface area contributed by atoms with E-state index in [0.29, 0.717) is 0 Å². The normalized spacial score (nSPS) is 7.75. The van der Waals surface area contributed by atoms with Crippen LogP contribution in [0.3, 0.4) is 0 Å². The van der Waals surface area contributed by atoms with Gasteiger partial charge in [-0.25, -0.2) is 0 Å². The zero-order valence-corrected chi connectivity index (χ0v) is 7.07. The summed E-state index contributed by atoms with van der Waals surface area (Å²) in [4.78, 5) is 0. The van der Waals surface area contributed by atoms with E-state index in [-0.39, 0.29) is 0 Å². The predicted octanol–water partition coefficient (Wildman–Crippen LogP) is 2.78. The Hall–Kier alpha value is 0.290. The molecule has 0 saturated heterocycles. The molecule has 0 nitrogen and oxygen atoms in total. The van der Waals surface area contributed by atoms with Crippen LogP contribution in [0.15, 0.2) is 0 Å². The lowest BCUT2D eigenvalue weighted by Crippen LogP contribution is -1.69. The second-order valence-corrected chi connectivity index (χ2v) is 2.12. The van der Waals surface area contributed by atoms with Crippen LogP contribution in [0.5, 0.6) is 0 Å². The predicted molar refractivity (Wildman–Crippen MR) is 45.6 cm³/mol. The molecule has 0 amide bonds. The maximum absolute atomic E-state index is 3.73. The molecule has 0 N–H and O–H groups in total. The molecule has 0 spiro atoms. The van der Waals surface area contributed by atoms with E-state index < -0.39 is 0 Å². The van der Waals surface area contributed by atoms with E-state index in [9.17, 15) is 0 Å². The first-order valence-corrected chi connectivity index (χ1v) is 3.87. The third-order valence-corrected chi connectivity index (χ3v) is 1.25. The summed E-state index contributed by atoms with van der Waals surface area (Å²) in [5.41, 5.74) is 0. The van der Waals surface area contributed by atoms with Gasteiger partial charge < -0.3 is 0 Å². The van der Waals surface area contributed by atoms with Gasteiger partial charge >= 0.3 is 0 Å². The molecule has 0 aromatic heterocycles. The van der Waals surface area contributed by atoms with Crippen LogP contribution in [0.2, 0.25) is 0 Å². The van der Waals surface area contributed by atoms with Gasteiger partial charge in [-0.1, -0.05) is 25.7 Å². The highest BCUT2D eigenvalue weighted by Crippen LogP contribution is 1.96. The largest absolute Gasteiger partial charge is 0.0919 e. The van der Waals surface area contributed by atoms with Gasteiger partial charge in [-0.2, -0.15) is 0 Å². The molecule has 0 aliphatic carbocycles. The molecule has 0 heterocycles. The van der Waals surface area contributed by atoms with Crippen LogP contribution in [0.25, 0.3) is 0 Å². The maximum atomic E-state index is 3.73. The minimum absolute atomic E-state index is 1.04. The first-order valence-electron chi connectivity index (χ1n) is 2.79. The summed E-state index contributed by atoms with van der Waals surface area (Å²) < 4.78 is 2.83. The molecular formula is C7H10I. The zero-order chi connectivity index (χ0) is 6.24. The van der Waals surface area contributed by atoms with Gasteiger partial charge in [0.2, 0.25) is 0 Å². The third kappa shape index (κ3) is 6.29. The standard InChI is InChI=1S/C7H10I/c1-2-3-4-5-6-7-8/h1-5H2. The van der Waals surface area contributed by atoms with E-state index in [1.807, 2.05) is 0 Å². The average Bonchev–Trinajstić information content (AvgIpc) is 1.81. The molecule has 0 aromatic rings. The fourth-order valence-corrected chi connectivity index (χ4v) is 0.707. The molecule has 45 valence electrons. The number of halogens is 1. The van der Waals surface area contributed by atoms with Gasteiger partial charge in [0.1, 0.15) is 0 Å². The molecule has 0 aliphatic heterocycles. The summed E-state index contributed by atoms with van der Waals surface area (Å²) in [6, 6.07) is 0. The molecule has 1 radical (unpaired) electrons. The van der Waals surface area contributed by atoms with Crippen molar-refractivity contribution < 1.29 is 0 Å². The van der Waals surface area contributed by atoms with Gasteiger partial charge in [-0.15, -0.1) is 0 Å². The Bertz CT molecular complexity index is 86.3. The van der Waals surface area contributed by atoms with Crippen molar-refractivity contribution in [3.63, 3.8) is 0 Å². The molecule has 0 aliphatic rings. The van der Waals surface area contributed by atoms with Gasteiger partial charge in [0.15, 0.2) is 0 Å². The maximum Gasteiger partial charge on any atom is 0.0181 e. The zero-order valence-electron chi connectivity index (χ0n) is 4.91. The second kappa shape index (κ2) is 7.29. The monoisotopic (exact) mass is 221 g/mol. The Morgan fingerprint density at radius 3 is 2.62 bits per heavy atom. The van der Waals surface area contributed by atoms with Gasteiger partial charge in [0.25, 0.3) is 0 Å². The average molecular weight is 221 g/mol. The Balaban J connectivity index is 2.79. The quantitative estimate of drug-likeness (QED) is 0.390. The van der Waals surface area contributed by atoms with Crippen molar-refractivity contribution in [3.8, 4) is 9.85 Å². The highest BCUT2D eigenvalue weighted by molar-refractivity contribution is 14.1. The highest BCUT2D eigenvalue weighted by atomic mass is 127. The van der Waals surface area contributed by atoms with Crippen LogP contribution in [0.4, 0.5) is 0 Å². The highest BCUT2D eigenvalue weighted by Gasteiger charge is 1.78. The summed E-state index contributed by atoms with van der Waals surface area (Å²) in [6.07, 6.45) is 4.51. The minimum atomic E-state index is 1.04. The molecule has 0 unspecified atom stereocenters. The summed E-state index contributed by atoms with van der Waals surface area (Å²) >= 11 is 2.06. The lowest BCUT2D eigenvalue weighted by atomic mass is 10.2. The number of rotatable bonds is 3. The van der Waals surface area contributed by atoms with E-state index in [4.69, 9.17) is 0 Å². The van der Waals surface area contributed by atoms with E-state index in [1.54, 1.807) is 0 Å². The molecule has 0 bridgehead atoms. The van der Waals surface area contributed by atoms with Gasteiger partial charge in [-0.3, -0.25) is 0 Å². The summed E-state index contributed by atoms with van der Waals surface area (Å²) in [6.45, 7) is 3.73. The van der Waals surface area contributed by atoms with Crippen molar-refractivity contribution in [3.05, 3.63) is 6.92 Å². The third-order valence-electron chi connectivity index (χ3n) is 0.869. The molecule has 0 fully saturated rings. The number of hydrogen-bond donors (Lipinski definition) is 0. The molecule has 0 atom stereocenters. The van der Waals surface area contributed by atoms with E-state index in [1.165, 1.54) is 12.8 Å². The minimum Gasteiger partial charge on any atom is -0.0919 e. The Labute approximate surface area is 65.2 Å². The molecule has 8 heavy (non-hydrogen) atoms. The van der Waals surface area contributed by atoms with E-state index in [2.05, 4.69) is 39.4 Å². The summed E-state index contributed by atoms with van der Waals surface area (Å²) in [5, 5.41) is 0. The fraction of sp³-hybridized carbons (Fsp3) is 0.571. The van der Waals surface area contributed by atoms with E-state index in [0.717, 1.165) is 12.8 Å². The smallest absolute Gasteiger partial charge is 0.0181 e. The Morgan fingerprint density at radius 1 is 1.38 bits per heavy atom. The number of hydrogen-bond acceptors (Lipinski definition) is 0. The second-order valence-electron chi connectivity index (χ2n) is 1.58. The van der Waals surface area contributed by atoms with Crippen LogP contribution in [-0.4, -0.2) is 0 Å². The Morgan fingerprint density at radius 2 is 2.12 bits per heavy atom. The molecule has 0 saturated carbocycles. The SMILES string of the molecule is [CH2]CCCCC#CI.